The molecule has 0 bridgehead atoms. The van der Waals surface area contributed by atoms with Gasteiger partial charge in [-0.05, 0) is 30.0 Å². The van der Waals surface area contributed by atoms with Gasteiger partial charge >= 0.3 is 11.4 Å². The van der Waals surface area contributed by atoms with Gasteiger partial charge < -0.3 is 0 Å². The van der Waals surface area contributed by atoms with Crippen LogP contribution in [-0.4, -0.2) is 11.4 Å². The van der Waals surface area contributed by atoms with Crippen LogP contribution in [0.2, 0.25) is 0 Å². The van der Waals surface area contributed by atoms with Crippen molar-refractivity contribution in [3.63, 3.8) is 0 Å². The van der Waals surface area contributed by atoms with Crippen molar-refractivity contribution in [3.8, 4) is 11.1 Å². The minimum Gasteiger partial charge on any atom is -0.206 e. The van der Waals surface area contributed by atoms with E-state index in [9.17, 15) is 26.3 Å². The summed E-state index contributed by atoms with van der Waals surface area (Å²) in [5.74, 6) is -0.729. The number of benzene rings is 2. The van der Waals surface area contributed by atoms with Crippen molar-refractivity contribution in [2.45, 2.75) is 16.3 Å². The normalized spacial score (nSPS) is 12.5. The molecule has 0 aromatic heterocycles. The van der Waals surface area contributed by atoms with E-state index < -0.39 is 33.9 Å². The van der Waals surface area contributed by atoms with Crippen LogP contribution in [0.15, 0.2) is 50.2 Å². The highest BCUT2D eigenvalue weighted by molar-refractivity contribution is 9.11. The second-order valence-corrected chi connectivity index (χ2v) is 7.28. The van der Waals surface area contributed by atoms with Crippen LogP contribution in [0.25, 0.3) is 11.1 Å². The van der Waals surface area contributed by atoms with E-state index in [1.807, 2.05) is 0 Å². The van der Waals surface area contributed by atoms with Gasteiger partial charge in [-0.15, -0.1) is 0 Å². The Morgan fingerprint density at radius 1 is 0.913 bits per heavy atom. The summed E-state index contributed by atoms with van der Waals surface area (Å²) in [6.07, 6.45) is -5.72. The van der Waals surface area contributed by atoms with Crippen molar-refractivity contribution >= 4 is 43.6 Å². The maximum Gasteiger partial charge on any atom is 0.464 e. The first-order chi connectivity index (χ1) is 10.5. The molecule has 2 rings (SSSR count). The maximum atomic E-state index is 14.0. The molecule has 0 amide bonds. The second kappa shape index (κ2) is 6.68. The van der Waals surface area contributed by atoms with Crippen LogP contribution in [0.5, 0.6) is 0 Å². The van der Waals surface area contributed by atoms with Gasteiger partial charge in [0.2, 0.25) is 0 Å². The van der Waals surface area contributed by atoms with E-state index in [1.54, 1.807) is 0 Å². The van der Waals surface area contributed by atoms with Crippen molar-refractivity contribution in [1.82, 2.24) is 0 Å². The Morgan fingerprint density at radius 2 is 1.52 bits per heavy atom. The molecule has 0 fully saturated rings. The van der Waals surface area contributed by atoms with Crippen molar-refractivity contribution in [2.75, 3.05) is 0 Å². The van der Waals surface area contributed by atoms with Gasteiger partial charge in [0.15, 0.2) is 0 Å². The third kappa shape index (κ3) is 4.06. The average Bonchev–Trinajstić information content (AvgIpc) is 2.38. The van der Waals surface area contributed by atoms with Crippen LogP contribution in [0.1, 0.15) is 0 Å². The van der Waals surface area contributed by atoms with Crippen molar-refractivity contribution in [1.29, 1.82) is 0 Å². The minimum atomic E-state index is -5.72. The molecule has 0 atom stereocenters. The molecule has 2 aromatic carbocycles. The zero-order valence-corrected chi connectivity index (χ0v) is 14.9. The van der Waals surface area contributed by atoms with E-state index >= 15 is 0 Å². The lowest BCUT2D eigenvalue weighted by molar-refractivity contribution is -0.237. The fourth-order valence-corrected chi connectivity index (χ4v) is 4.37. The van der Waals surface area contributed by atoms with Gasteiger partial charge in [-0.1, -0.05) is 50.1 Å². The molecule has 0 aliphatic rings. The van der Waals surface area contributed by atoms with Crippen LogP contribution in [0.4, 0.5) is 26.3 Å². The molecular weight excluding hydrogens is 474 g/mol. The molecule has 124 valence electrons. The second-order valence-electron chi connectivity index (χ2n) is 4.36. The molecule has 0 radical (unpaired) electrons. The third-order valence-electron chi connectivity index (χ3n) is 2.73. The molecule has 0 saturated carbocycles. The van der Waals surface area contributed by atoms with Gasteiger partial charge in [0, 0.05) is 25.0 Å². The Bertz CT molecular complexity index is 730. The first-order valence-corrected chi connectivity index (χ1v) is 8.30. The van der Waals surface area contributed by atoms with E-state index in [0.717, 1.165) is 12.1 Å². The fourth-order valence-electron chi connectivity index (χ4n) is 1.75. The van der Waals surface area contributed by atoms with Crippen molar-refractivity contribution in [2.24, 2.45) is 0 Å². The SMILES string of the molecule is Fc1ccccc1-c1c(Br)cc(Br)cc1SC(F)(F)C(F)(F)F. The Balaban J connectivity index is 2.63. The molecule has 0 nitrogen and oxygen atoms in total. The summed E-state index contributed by atoms with van der Waals surface area (Å²) >= 11 is 5.45. The lowest BCUT2D eigenvalue weighted by atomic mass is 10.1. The molecule has 0 aliphatic carbocycles. The predicted octanol–water partition coefficient (Wildman–Crippen LogP) is 7.26. The number of alkyl halides is 5. The Kier molecular flexibility index (Phi) is 5.42. The smallest absolute Gasteiger partial charge is 0.206 e. The summed E-state index contributed by atoms with van der Waals surface area (Å²) in [5, 5.41) is -5.01. The van der Waals surface area contributed by atoms with Crippen LogP contribution in [0, 0.1) is 5.82 Å². The van der Waals surface area contributed by atoms with Gasteiger partial charge in [-0.25, -0.2) is 4.39 Å². The molecule has 0 unspecified atom stereocenters. The summed E-state index contributed by atoms with van der Waals surface area (Å²) in [4.78, 5) is -0.404. The van der Waals surface area contributed by atoms with Crippen LogP contribution in [-0.2, 0) is 0 Å². The van der Waals surface area contributed by atoms with E-state index in [1.165, 1.54) is 24.3 Å². The summed E-state index contributed by atoms with van der Waals surface area (Å²) < 4.78 is 78.6. The molecule has 23 heavy (non-hydrogen) atoms. The summed E-state index contributed by atoms with van der Waals surface area (Å²) in [5.41, 5.74) is -0.146. The molecule has 0 N–H and O–H groups in total. The Hall–Kier alpha value is -0.670. The van der Waals surface area contributed by atoms with Crippen LogP contribution in [0.3, 0.4) is 0 Å². The number of hydrogen-bond donors (Lipinski definition) is 0. The highest BCUT2D eigenvalue weighted by Gasteiger charge is 2.58. The van der Waals surface area contributed by atoms with Gasteiger partial charge in [0.25, 0.3) is 0 Å². The quantitative estimate of drug-likeness (QED) is 0.329. The lowest BCUT2D eigenvalue weighted by Crippen LogP contribution is -2.32. The van der Waals surface area contributed by atoms with E-state index in [4.69, 9.17) is 0 Å². The van der Waals surface area contributed by atoms with Gasteiger partial charge in [0.1, 0.15) is 5.82 Å². The fraction of sp³-hybridized carbons (Fsp3) is 0.143. The van der Waals surface area contributed by atoms with E-state index in [0.29, 0.717) is 0 Å². The van der Waals surface area contributed by atoms with Crippen molar-refractivity contribution in [3.05, 3.63) is 51.2 Å². The third-order valence-corrected chi connectivity index (χ3v) is 4.84. The zero-order chi connectivity index (χ0) is 17.4. The van der Waals surface area contributed by atoms with Crippen LogP contribution < -0.4 is 0 Å². The monoisotopic (exact) mass is 478 g/mol. The first kappa shape index (κ1) is 18.7. The summed E-state index contributed by atoms with van der Waals surface area (Å²) in [6, 6.07) is 7.79. The predicted molar refractivity (Wildman–Crippen MR) is 84.1 cm³/mol. The van der Waals surface area contributed by atoms with Crippen LogP contribution >= 0.6 is 43.6 Å². The largest absolute Gasteiger partial charge is 0.464 e. The molecule has 9 heteroatoms. The number of rotatable bonds is 3. The molecule has 0 saturated heterocycles. The first-order valence-electron chi connectivity index (χ1n) is 5.90. The topological polar surface area (TPSA) is 0 Å². The zero-order valence-electron chi connectivity index (χ0n) is 10.9. The van der Waals surface area contributed by atoms with E-state index in [2.05, 4.69) is 31.9 Å². The lowest BCUT2D eigenvalue weighted by Gasteiger charge is -2.21. The Morgan fingerprint density at radius 3 is 2.09 bits per heavy atom. The maximum absolute atomic E-state index is 14.0. The molecule has 0 spiro atoms. The highest BCUT2D eigenvalue weighted by atomic mass is 79.9. The summed E-state index contributed by atoms with van der Waals surface area (Å²) in [6.45, 7) is 0. The number of halogens is 8. The molecule has 0 heterocycles. The average molecular weight is 480 g/mol. The van der Waals surface area contributed by atoms with Gasteiger partial charge in [-0.3, -0.25) is 0 Å². The highest BCUT2D eigenvalue weighted by Crippen LogP contribution is 2.51. The number of hydrogen-bond acceptors (Lipinski definition) is 1. The standard InChI is InChI=1S/C14H6Br2F6S/c15-7-5-9(16)12(8-3-1-2-4-10(8)17)11(6-7)23-14(21,22)13(18,19)20/h1-6H. The Labute approximate surface area is 148 Å². The number of thioether (sulfide) groups is 1. The van der Waals surface area contributed by atoms with Crippen molar-refractivity contribution < 1.29 is 26.3 Å². The molecule has 2 aromatic rings. The van der Waals surface area contributed by atoms with Gasteiger partial charge in [0.05, 0.1) is 0 Å². The molecular formula is C14H6Br2F6S. The molecule has 0 aliphatic heterocycles. The van der Waals surface area contributed by atoms with Gasteiger partial charge in [-0.2, -0.15) is 22.0 Å². The summed E-state index contributed by atoms with van der Waals surface area (Å²) in [7, 11) is 0. The minimum absolute atomic E-state index is 0.0692. The van der Waals surface area contributed by atoms with E-state index in [-0.39, 0.29) is 20.1 Å².